The molecule has 1 aliphatic carbocycles. The molecular formula is C13H22N4. The molecule has 0 spiro atoms. The first-order valence-electron chi connectivity index (χ1n) is 7.02. The third-order valence-corrected chi connectivity index (χ3v) is 4.30. The zero-order valence-electron chi connectivity index (χ0n) is 10.4. The van der Waals surface area contributed by atoms with E-state index in [1.165, 1.54) is 57.4 Å². The van der Waals surface area contributed by atoms with Crippen molar-refractivity contribution in [3.8, 4) is 0 Å². The average Bonchev–Trinajstić information content (AvgIpc) is 3.00. The Kier molecular flexibility index (Phi) is 3.41. The molecule has 1 aliphatic heterocycles. The minimum Gasteiger partial charge on any atom is -0.317 e. The summed E-state index contributed by atoms with van der Waals surface area (Å²) in [5.74, 6) is 2.03. The molecule has 1 saturated heterocycles. The van der Waals surface area contributed by atoms with E-state index in [-0.39, 0.29) is 0 Å². The molecule has 0 bridgehead atoms. The summed E-state index contributed by atoms with van der Waals surface area (Å²) in [5.41, 5.74) is 0. The van der Waals surface area contributed by atoms with Gasteiger partial charge in [0, 0.05) is 12.5 Å². The SMILES string of the molecule is c1nnc(CC2CCNCC2)n1C1CCCC1. The topological polar surface area (TPSA) is 42.7 Å². The lowest BCUT2D eigenvalue weighted by molar-refractivity contribution is 0.357. The van der Waals surface area contributed by atoms with E-state index in [2.05, 4.69) is 20.1 Å². The Morgan fingerprint density at radius 1 is 1.18 bits per heavy atom. The normalized spacial score (nSPS) is 23.3. The Labute approximate surface area is 103 Å². The van der Waals surface area contributed by atoms with E-state index in [1.54, 1.807) is 0 Å². The van der Waals surface area contributed by atoms with Gasteiger partial charge in [-0.3, -0.25) is 0 Å². The fourth-order valence-corrected chi connectivity index (χ4v) is 3.24. The van der Waals surface area contributed by atoms with Gasteiger partial charge in [0.25, 0.3) is 0 Å². The van der Waals surface area contributed by atoms with Crippen molar-refractivity contribution in [2.45, 2.75) is 51.0 Å². The number of hydrogen-bond acceptors (Lipinski definition) is 3. The number of hydrogen-bond donors (Lipinski definition) is 1. The Morgan fingerprint density at radius 3 is 2.71 bits per heavy atom. The highest BCUT2D eigenvalue weighted by Crippen LogP contribution is 2.30. The van der Waals surface area contributed by atoms with Crippen LogP contribution in [0.1, 0.15) is 50.4 Å². The second-order valence-electron chi connectivity index (χ2n) is 5.49. The standard InChI is InChI=1S/C13H22N4/c1-2-4-12(3-1)17-10-15-16-13(17)9-11-5-7-14-8-6-11/h10-12,14H,1-9H2. The van der Waals surface area contributed by atoms with Crippen molar-refractivity contribution in [3.63, 3.8) is 0 Å². The van der Waals surface area contributed by atoms with Gasteiger partial charge in [-0.15, -0.1) is 10.2 Å². The van der Waals surface area contributed by atoms with Crippen LogP contribution < -0.4 is 5.32 Å². The van der Waals surface area contributed by atoms with Crippen LogP contribution in [0.5, 0.6) is 0 Å². The lowest BCUT2D eigenvalue weighted by Gasteiger charge is -2.23. The first-order chi connectivity index (χ1) is 8.43. The first-order valence-corrected chi connectivity index (χ1v) is 7.02. The molecule has 4 nitrogen and oxygen atoms in total. The molecule has 4 heteroatoms. The Morgan fingerprint density at radius 2 is 1.94 bits per heavy atom. The smallest absolute Gasteiger partial charge is 0.133 e. The molecule has 0 aromatic carbocycles. The minimum atomic E-state index is 0.682. The van der Waals surface area contributed by atoms with Gasteiger partial charge in [0.1, 0.15) is 12.2 Å². The van der Waals surface area contributed by atoms with Crippen molar-refractivity contribution in [2.75, 3.05) is 13.1 Å². The van der Waals surface area contributed by atoms with E-state index >= 15 is 0 Å². The molecule has 1 aromatic rings. The quantitative estimate of drug-likeness (QED) is 0.869. The molecule has 0 atom stereocenters. The average molecular weight is 234 g/mol. The van der Waals surface area contributed by atoms with Crippen molar-refractivity contribution < 1.29 is 0 Å². The van der Waals surface area contributed by atoms with Crippen molar-refractivity contribution in [1.82, 2.24) is 20.1 Å². The molecule has 3 rings (SSSR count). The predicted molar refractivity (Wildman–Crippen MR) is 66.8 cm³/mol. The highest BCUT2D eigenvalue weighted by atomic mass is 15.3. The van der Waals surface area contributed by atoms with Crippen molar-refractivity contribution in [2.24, 2.45) is 5.92 Å². The molecule has 1 aromatic heterocycles. The Balaban J connectivity index is 1.67. The van der Waals surface area contributed by atoms with Gasteiger partial charge >= 0.3 is 0 Å². The number of piperidine rings is 1. The molecule has 1 saturated carbocycles. The molecule has 0 unspecified atom stereocenters. The maximum atomic E-state index is 4.35. The van der Waals surface area contributed by atoms with E-state index < -0.39 is 0 Å². The van der Waals surface area contributed by atoms with E-state index in [0.717, 1.165) is 12.3 Å². The second kappa shape index (κ2) is 5.17. The van der Waals surface area contributed by atoms with Crippen LogP contribution >= 0.6 is 0 Å². The summed E-state index contributed by atoms with van der Waals surface area (Å²) in [5, 5.41) is 11.9. The van der Waals surface area contributed by atoms with Crippen molar-refractivity contribution in [3.05, 3.63) is 12.2 Å². The van der Waals surface area contributed by atoms with Gasteiger partial charge in [-0.2, -0.15) is 0 Å². The number of aromatic nitrogens is 3. The fourth-order valence-electron chi connectivity index (χ4n) is 3.24. The first kappa shape index (κ1) is 11.2. The third kappa shape index (κ3) is 2.51. The van der Waals surface area contributed by atoms with Crippen LogP contribution in [0, 0.1) is 5.92 Å². The molecule has 17 heavy (non-hydrogen) atoms. The van der Waals surface area contributed by atoms with Crippen LogP contribution in [0.4, 0.5) is 0 Å². The van der Waals surface area contributed by atoms with Crippen LogP contribution in [0.15, 0.2) is 6.33 Å². The van der Waals surface area contributed by atoms with Gasteiger partial charge in [-0.25, -0.2) is 0 Å². The van der Waals surface area contributed by atoms with Crippen LogP contribution in [-0.2, 0) is 6.42 Å². The van der Waals surface area contributed by atoms with Crippen molar-refractivity contribution in [1.29, 1.82) is 0 Å². The number of nitrogens with zero attached hydrogens (tertiary/aromatic N) is 3. The summed E-state index contributed by atoms with van der Waals surface area (Å²) in [7, 11) is 0. The molecule has 0 amide bonds. The van der Waals surface area contributed by atoms with Gasteiger partial charge < -0.3 is 9.88 Å². The van der Waals surface area contributed by atoms with Gasteiger partial charge in [0.2, 0.25) is 0 Å². The maximum Gasteiger partial charge on any atom is 0.133 e. The number of rotatable bonds is 3. The monoisotopic (exact) mass is 234 g/mol. The van der Waals surface area contributed by atoms with Gasteiger partial charge in [-0.05, 0) is 44.7 Å². The Hall–Kier alpha value is -0.900. The summed E-state index contributed by atoms with van der Waals surface area (Å²) in [6, 6.07) is 0.682. The van der Waals surface area contributed by atoms with Gasteiger partial charge in [0.05, 0.1) is 0 Å². The number of nitrogens with one attached hydrogen (secondary N) is 1. The summed E-state index contributed by atoms with van der Waals surface area (Å²) in [6.07, 6.45) is 11.0. The Bertz CT molecular complexity index is 348. The van der Waals surface area contributed by atoms with Gasteiger partial charge in [0.15, 0.2) is 0 Å². The third-order valence-electron chi connectivity index (χ3n) is 4.30. The minimum absolute atomic E-state index is 0.682. The van der Waals surface area contributed by atoms with E-state index in [1.807, 2.05) is 6.33 Å². The zero-order valence-corrected chi connectivity index (χ0v) is 10.4. The largest absolute Gasteiger partial charge is 0.317 e. The fraction of sp³-hybridized carbons (Fsp3) is 0.846. The van der Waals surface area contributed by atoms with Crippen LogP contribution in [0.25, 0.3) is 0 Å². The van der Waals surface area contributed by atoms with Gasteiger partial charge in [-0.1, -0.05) is 12.8 Å². The zero-order chi connectivity index (χ0) is 11.5. The van der Waals surface area contributed by atoms with Crippen LogP contribution in [0.3, 0.4) is 0 Å². The molecule has 2 fully saturated rings. The lowest BCUT2D eigenvalue weighted by atomic mass is 9.94. The molecule has 2 heterocycles. The second-order valence-corrected chi connectivity index (χ2v) is 5.49. The maximum absolute atomic E-state index is 4.35. The van der Waals surface area contributed by atoms with Crippen LogP contribution in [-0.4, -0.2) is 27.9 Å². The van der Waals surface area contributed by atoms with E-state index in [9.17, 15) is 0 Å². The molecule has 1 N–H and O–H groups in total. The lowest BCUT2D eigenvalue weighted by Crippen LogP contribution is -2.29. The molecule has 2 aliphatic rings. The highest BCUT2D eigenvalue weighted by molar-refractivity contribution is 4.93. The highest BCUT2D eigenvalue weighted by Gasteiger charge is 2.22. The van der Waals surface area contributed by atoms with E-state index in [4.69, 9.17) is 0 Å². The van der Waals surface area contributed by atoms with Crippen molar-refractivity contribution >= 4 is 0 Å². The molecule has 0 radical (unpaired) electrons. The summed E-state index contributed by atoms with van der Waals surface area (Å²) < 4.78 is 2.36. The van der Waals surface area contributed by atoms with E-state index in [0.29, 0.717) is 6.04 Å². The summed E-state index contributed by atoms with van der Waals surface area (Å²) >= 11 is 0. The van der Waals surface area contributed by atoms with Crippen LogP contribution in [0.2, 0.25) is 0 Å². The molecular weight excluding hydrogens is 212 g/mol. The summed E-state index contributed by atoms with van der Waals surface area (Å²) in [6.45, 7) is 2.34. The molecule has 94 valence electrons. The predicted octanol–water partition coefficient (Wildman–Crippen LogP) is 1.94. The summed E-state index contributed by atoms with van der Waals surface area (Å²) in [4.78, 5) is 0.